The van der Waals surface area contributed by atoms with Crippen LogP contribution in [0.25, 0.3) is 10.9 Å². The third-order valence-electron chi connectivity index (χ3n) is 7.05. The van der Waals surface area contributed by atoms with Crippen molar-refractivity contribution in [3.05, 3.63) is 24.5 Å². The molecule has 2 atom stereocenters. The monoisotopic (exact) mass is 433 g/mol. The number of pyridine rings is 1. The minimum Gasteiger partial charge on any atom is -0.356 e. The maximum atomic E-state index is 4.93. The molecule has 2 N–H and O–H groups in total. The van der Waals surface area contributed by atoms with Gasteiger partial charge in [-0.05, 0) is 38.5 Å². The van der Waals surface area contributed by atoms with Crippen molar-refractivity contribution in [3.63, 3.8) is 0 Å². The Balaban J connectivity index is 1.33. The molecular formula is C23H31N9. The number of rotatable bonds is 5. The highest BCUT2D eigenvalue weighted by Gasteiger charge is 2.37. The molecule has 3 aliphatic rings. The van der Waals surface area contributed by atoms with E-state index in [9.17, 15) is 0 Å². The standard InChI is InChI=1S/C23H31N9/c1-15(2)32-19-7-20(25-11-16(19)12-26-32)27-23-28-21(30-5-3-4-6-30)8-22(29-23)31-13-17-9-24-10-18(17)14-31/h7-8,11-12,15,17-18,24H,3-6,9-10,13-14H2,1-2H3,(H,25,27,28,29)/t17-,18+. The first-order valence-corrected chi connectivity index (χ1v) is 11.8. The lowest BCUT2D eigenvalue weighted by molar-refractivity contribution is 0.533. The number of nitrogens with zero attached hydrogens (tertiary/aromatic N) is 7. The van der Waals surface area contributed by atoms with Crippen LogP contribution < -0.4 is 20.4 Å². The fraction of sp³-hybridized carbons (Fsp3) is 0.565. The van der Waals surface area contributed by atoms with Gasteiger partial charge in [-0.1, -0.05) is 0 Å². The molecule has 0 spiro atoms. The summed E-state index contributed by atoms with van der Waals surface area (Å²) in [6.45, 7) is 10.7. The smallest absolute Gasteiger partial charge is 0.232 e. The summed E-state index contributed by atoms with van der Waals surface area (Å²) in [6, 6.07) is 4.50. The average molecular weight is 434 g/mol. The van der Waals surface area contributed by atoms with Gasteiger partial charge in [0.05, 0.1) is 11.7 Å². The Morgan fingerprint density at radius 2 is 1.69 bits per heavy atom. The summed E-state index contributed by atoms with van der Waals surface area (Å²) in [5.74, 6) is 4.83. The maximum Gasteiger partial charge on any atom is 0.232 e. The van der Waals surface area contributed by atoms with Gasteiger partial charge >= 0.3 is 0 Å². The van der Waals surface area contributed by atoms with Crippen molar-refractivity contribution < 1.29 is 0 Å². The zero-order valence-corrected chi connectivity index (χ0v) is 18.8. The van der Waals surface area contributed by atoms with Gasteiger partial charge in [0.2, 0.25) is 5.95 Å². The first-order valence-electron chi connectivity index (χ1n) is 11.8. The Morgan fingerprint density at radius 3 is 2.41 bits per heavy atom. The molecule has 0 unspecified atom stereocenters. The fourth-order valence-corrected chi connectivity index (χ4v) is 5.32. The number of hydrogen-bond acceptors (Lipinski definition) is 8. The van der Waals surface area contributed by atoms with Gasteiger partial charge in [0.15, 0.2) is 0 Å². The van der Waals surface area contributed by atoms with Crippen LogP contribution in [0.3, 0.4) is 0 Å². The molecule has 9 heteroatoms. The molecule has 168 valence electrons. The van der Waals surface area contributed by atoms with Crippen molar-refractivity contribution in [1.29, 1.82) is 0 Å². The topological polar surface area (TPSA) is 87.0 Å². The van der Waals surface area contributed by atoms with Gasteiger partial charge in [-0.3, -0.25) is 4.68 Å². The van der Waals surface area contributed by atoms with E-state index in [1.165, 1.54) is 12.8 Å². The van der Waals surface area contributed by atoms with Crippen LogP contribution in [0.15, 0.2) is 24.5 Å². The molecule has 0 aromatic carbocycles. The molecule has 3 saturated heterocycles. The minimum atomic E-state index is 0.285. The Bertz CT molecular complexity index is 1110. The maximum absolute atomic E-state index is 4.93. The van der Waals surface area contributed by atoms with E-state index in [1.807, 2.05) is 23.1 Å². The second-order valence-electron chi connectivity index (χ2n) is 9.62. The Labute approximate surface area is 188 Å². The van der Waals surface area contributed by atoms with Crippen molar-refractivity contribution in [2.24, 2.45) is 11.8 Å². The largest absolute Gasteiger partial charge is 0.356 e. The highest BCUT2D eigenvalue weighted by molar-refractivity contribution is 5.81. The molecule has 0 radical (unpaired) electrons. The van der Waals surface area contributed by atoms with Crippen molar-refractivity contribution >= 4 is 34.3 Å². The first kappa shape index (κ1) is 19.7. The summed E-state index contributed by atoms with van der Waals surface area (Å²) < 4.78 is 2.02. The third kappa shape index (κ3) is 3.54. The van der Waals surface area contributed by atoms with Gasteiger partial charge in [-0.25, -0.2) is 4.98 Å². The SMILES string of the molecule is CC(C)n1ncc2cnc(Nc3nc(N4CCCC4)cc(N4C[C@H]5CNC[C@H]5C4)n3)cc21. The summed E-state index contributed by atoms with van der Waals surface area (Å²) in [5, 5.41) is 12.5. The molecule has 3 aromatic rings. The van der Waals surface area contributed by atoms with E-state index in [0.29, 0.717) is 5.95 Å². The number of anilines is 4. The molecule has 0 saturated carbocycles. The van der Waals surface area contributed by atoms with E-state index in [2.05, 4.69) is 50.4 Å². The van der Waals surface area contributed by atoms with Gasteiger partial charge in [0.1, 0.15) is 17.5 Å². The molecule has 0 amide bonds. The molecule has 6 heterocycles. The Hall–Kier alpha value is -2.94. The van der Waals surface area contributed by atoms with E-state index < -0.39 is 0 Å². The average Bonchev–Trinajstić information content (AvgIpc) is 3.56. The van der Waals surface area contributed by atoms with E-state index in [0.717, 1.165) is 79.5 Å². The van der Waals surface area contributed by atoms with Crippen LogP contribution in [0.4, 0.5) is 23.4 Å². The van der Waals surface area contributed by atoms with Gasteiger partial charge in [0, 0.05) is 69.0 Å². The molecule has 9 nitrogen and oxygen atoms in total. The lowest BCUT2D eigenvalue weighted by atomic mass is 10.0. The van der Waals surface area contributed by atoms with Crippen molar-refractivity contribution in [2.45, 2.75) is 32.7 Å². The second-order valence-corrected chi connectivity index (χ2v) is 9.62. The van der Waals surface area contributed by atoms with Crippen LogP contribution >= 0.6 is 0 Å². The van der Waals surface area contributed by atoms with Gasteiger partial charge < -0.3 is 20.4 Å². The predicted octanol–water partition coefficient (Wildman–Crippen LogP) is 2.80. The molecule has 3 fully saturated rings. The van der Waals surface area contributed by atoms with Gasteiger partial charge in [-0.2, -0.15) is 15.1 Å². The number of hydrogen-bond donors (Lipinski definition) is 2. The lowest BCUT2D eigenvalue weighted by Gasteiger charge is -2.23. The van der Waals surface area contributed by atoms with Crippen molar-refractivity contribution in [2.75, 3.05) is 54.4 Å². The van der Waals surface area contributed by atoms with E-state index in [4.69, 9.17) is 9.97 Å². The van der Waals surface area contributed by atoms with Crippen LogP contribution in [0.5, 0.6) is 0 Å². The predicted molar refractivity (Wildman–Crippen MR) is 127 cm³/mol. The van der Waals surface area contributed by atoms with Gasteiger partial charge in [0.25, 0.3) is 0 Å². The summed E-state index contributed by atoms with van der Waals surface area (Å²) >= 11 is 0. The third-order valence-corrected chi connectivity index (χ3v) is 7.05. The van der Waals surface area contributed by atoms with Crippen LogP contribution in [-0.4, -0.2) is 64.0 Å². The lowest BCUT2D eigenvalue weighted by Crippen LogP contribution is -2.27. The molecular weight excluding hydrogens is 402 g/mol. The van der Waals surface area contributed by atoms with Crippen LogP contribution in [0, 0.1) is 11.8 Å². The molecule has 3 aromatic heterocycles. The number of nitrogens with one attached hydrogen (secondary N) is 2. The summed E-state index contributed by atoms with van der Waals surface area (Å²) in [7, 11) is 0. The molecule has 0 bridgehead atoms. The highest BCUT2D eigenvalue weighted by Crippen LogP contribution is 2.32. The second kappa shape index (κ2) is 7.88. The van der Waals surface area contributed by atoms with Crippen LogP contribution in [0.1, 0.15) is 32.7 Å². The van der Waals surface area contributed by atoms with Crippen molar-refractivity contribution in [3.8, 4) is 0 Å². The van der Waals surface area contributed by atoms with Crippen LogP contribution in [-0.2, 0) is 0 Å². The molecule has 6 rings (SSSR count). The quantitative estimate of drug-likeness (QED) is 0.635. The zero-order chi connectivity index (χ0) is 21.7. The van der Waals surface area contributed by atoms with Gasteiger partial charge in [-0.15, -0.1) is 0 Å². The Morgan fingerprint density at radius 1 is 0.969 bits per heavy atom. The normalized spacial score (nSPS) is 23.0. The van der Waals surface area contributed by atoms with E-state index in [1.54, 1.807) is 0 Å². The minimum absolute atomic E-state index is 0.285. The molecule has 32 heavy (non-hydrogen) atoms. The zero-order valence-electron chi connectivity index (χ0n) is 18.8. The summed E-state index contributed by atoms with van der Waals surface area (Å²) in [4.78, 5) is 19.2. The first-order chi connectivity index (χ1) is 15.6. The number of aromatic nitrogens is 5. The Kier molecular flexibility index (Phi) is 4.86. The van der Waals surface area contributed by atoms with Crippen LogP contribution in [0.2, 0.25) is 0 Å². The summed E-state index contributed by atoms with van der Waals surface area (Å²) in [5.41, 5.74) is 1.06. The van der Waals surface area contributed by atoms with E-state index in [-0.39, 0.29) is 6.04 Å². The molecule has 3 aliphatic heterocycles. The molecule has 0 aliphatic carbocycles. The fourth-order valence-electron chi connectivity index (χ4n) is 5.32. The highest BCUT2D eigenvalue weighted by atomic mass is 15.3. The van der Waals surface area contributed by atoms with E-state index >= 15 is 0 Å². The summed E-state index contributed by atoms with van der Waals surface area (Å²) in [6.07, 6.45) is 6.18. The number of fused-ring (bicyclic) bond motifs is 2. The van der Waals surface area contributed by atoms with Crippen molar-refractivity contribution in [1.82, 2.24) is 30.0 Å².